The average Bonchev–Trinajstić information content (AvgIpc) is 2.65. The van der Waals surface area contributed by atoms with Crippen LogP contribution >= 0.6 is 0 Å². The van der Waals surface area contributed by atoms with Gasteiger partial charge in [-0.05, 0) is 48.7 Å². The first-order valence-electron chi connectivity index (χ1n) is 8.56. The minimum absolute atomic E-state index is 0.0100. The first kappa shape index (κ1) is 19.6. The molecular formula is C20H18F3N3O2. The maximum Gasteiger partial charge on any atom is 0.251 e. The predicted molar refractivity (Wildman–Crippen MR) is 97.9 cm³/mol. The zero-order valence-corrected chi connectivity index (χ0v) is 14.7. The Morgan fingerprint density at radius 1 is 1.00 bits per heavy atom. The van der Waals surface area contributed by atoms with Gasteiger partial charge in [-0.3, -0.25) is 9.59 Å². The van der Waals surface area contributed by atoms with Gasteiger partial charge in [0.25, 0.3) is 5.91 Å². The Morgan fingerprint density at radius 3 is 2.25 bits per heavy atom. The van der Waals surface area contributed by atoms with Gasteiger partial charge in [0.05, 0.1) is 0 Å². The van der Waals surface area contributed by atoms with Crippen LogP contribution in [0.15, 0.2) is 48.0 Å². The molecule has 5 nitrogen and oxygen atoms in total. The van der Waals surface area contributed by atoms with E-state index in [1.807, 2.05) is 0 Å². The van der Waals surface area contributed by atoms with E-state index in [-0.39, 0.29) is 24.3 Å². The molecule has 2 atom stereocenters. The monoisotopic (exact) mass is 389 g/mol. The van der Waals surface area contributed by atoms with Crippen molar-refractivity contribution in [2.75, 3.05) is 5.32 Å². The molecule has 2 aromatic carbocycles. The quantitative estimate of drug-likeness (QED) is 0.701. The number of carbonyl (C=O) groups excluding carboxylic acids is 2. The zero-order chi connectivity index (χ0) is 20.4. The van der Waals surface area contributed by atoms with E-state index < -0.39 is 35.3 Å². The third kappa shape index (κ3) is 4.07. The summed E-state index contributed by atoms with van der Waals surface area (Å²) in [5.41, 5.74) is 12.4. The molecule has 1 aliphatic carbocycles. The van der Waals surface area contributed by atoms with Gasteiger partial charge in [-0.2, -0.15) is 0 Å². The largest absolute Gasteiger partial charge is 0.366 e. The summed E-state index contributed by atoms with van der Waals surface area (Å²) in [7, 11) is 0. The smallest absolute Gasteiger partial charge is 0.251 e. The van der Waals surface area contributed by atoms with E-state index in [1.165, 1.54) is 12.1 Å². The van der Waals surface area contributed by atoms with Crippen LogP contribution in [0.4, 0.5) is 18.9 Å². The minimum atomic E-state index is -1.26. The van der Waals surface area contributed by atoms with Crippen molar-refractivity contribution in [2.45, 2.75) is 24.8 Å². The highest BCUT2D eigenvalue weighted by Crippen LogP contribution is 2.34. The van der Waals surface area contributed by atoms with Gasteiger partial charge in [0.15, 0.2) is 11.6 Å². The van der Waals surface area contributed by atoms with E-state index >= 15 is 0 Å². The number of nitrogens with two attached hydrogens (primary N) is 2. The number of hydrogen-bond donors (Lipinski definition) is 3. The molecule has 0 bridgehead atoms. The lowest BCUT2D eigenvalue weighted by molar-refractivity contribution is -0.113. The van der Waals surface area contributed by atoms with E-state index in [0.29, 0.717) is 22.9 Å². The Labute approximate surface area is 159 Å². The maximum absolute atomic E-state index is 14.0. The first-order chi connectivity index (χ1) is 13.3. The molecule has 2 unspecified atom stereocenters. The van der Waals surface area contributed by atoms with E-state index in [9.17, 15) is 22.8 Å². The zero-order valence-electron chi connectivity index (χ0n) is 14.7. The molecule has 0 aromatic heterocycles. The molecule has 0 fully saturated rings. The van der Waals surface area contributed by atoms with Crippen LogP contribution in [0.3, 0.4) is 0 Å². The van der Waals surface area contributed by atoms with Crippen molar-refractivity contribution in [3.8, 4) is 0 Å². The van der Waals surface area contributed by atoms with Crippen molar-refractivity contribution >= 4 is 17.5 Å². The molecule has 0 aliphatic heterocycles. The van der Waals surface area contributed by atoms with Crippen LogP contribution in [0.2, 0.25) is 0 Å². The lowest BCUT2D eigenvalue weighted by Gasteiger charge is -2.29. The summed E-state index contributed by atoms with van der Waals surface area (Å²) in [6.45, 7) is 0. The van der Waals surface area contributed by atoms with Crippen LogP contribution in [-0.4, -0.2) is 17.9 Å². The Balaban J connectivity index is 1.72. The van der Waals surface area contributed by atoms with Gasteiger partial charge in [-0.25, -0.2) is 13.2 Å². The third-order valence-electron chi connectivity index (χ3n) is 4.75. The predicted octanol–water partition coefficient (Wildman–Crippen LogP) is 2.97. The normalized spacial score (nSPS) is 19.1. The van der Waals surface area contributed by atoms with Crippen LogP contribution in [-0.2, 0) is 4.79 Å². The number of hydrogen-bond acceptors (Lipinski definition) is 3. The number of anilines is 1. The van der Waals surface area contributed by atoms with E-state index in [4.69, 9.17) is 11.5 Å². The van der Waals surface area contributed by atoms with E-state index in [0.717, 1.165) is 6.07 Å². The summed E-state index contributed by atoms with van der Waals surface area (Å²) in [5.74, 6) is -4.79. The van der Waals surface area contributed by atoms with Crippen LogP contribution in [0, 0.1) is 17.5 Å². The van der Waals surface area contributed by atoms with Crippen LogP contribution in [0.25, 0.3) is 0 Å². The molecular weight excluding hydrogens is 371 g/mol. The summed E-state index contributed by atoms with van der Waals surface area (Å²) in [6.07, 6.45) is 1.97. The highest BCUT2D eigenvalue weighted by atomic mass is 19.2. The van der Waals surface area contributed by atoms with Crippen molar-refractivity contribution in [2.24, 2.45) is 11.5 Å². The highest BCUT2D eigenvalue weighted by Gasteiger charge is 2.29. The van der Waals surface area contributed by atoms with Gasteiger partial charge in [-0.1, -0.05) is 6.08 Å². The van der Waals surface area contributed by atoms with Crippen molar-refractivity contribution < 1.29 is 22.8 Å². The number of benzene rings is 2. The maximum atomic E-state index is 14.0. The molecule has 0 spiro atoms. The number of allylic oxidation sites excluding steroid dienone is 1. The fraction of sp³-hybridized carbons (Fsp3) is 0.200. The molecule has 28 heavy (non-hydrogen) atoms. The molecule has 0 saturated heterocycles. The summed E-state index contributed by atoms with van der Waals surface area (Å²) in [6, 6.07) is 6.73. The number of amides is 2. The summed E-state index contributed by atoms with van der Waals surface area (Å²) >= 11 is 0. The van der Waals surface area contributed by atoms with Crippen molar-refractivity contribution in [3.63, 3.8) is 0 Å². The van der Waals surface area contributed by atoms with Crippen LogP contribution in [0.5, 0.6) is 0 Å². The Morgan fingerprint density at radius 2 is 1.64 bits per heavy atom. The number of carbonyl (C=O) groups is 2. The fourth-order valence-corrected chi connectivity index (χ4v) is 3.22. The molecule has 0 heterocycles. The average molecular weight is 389 g/mol. The van der Waals surface area contributed by atoms with E-state index in [1.54, 1.807) is 18.2 Å². The first-order valence-corrected chi connectivity index (χ1v) is 8.56. The molecule has 0 saturated carbocycles. The molecule has 146 valence electrons. The Bertz CT molecular complexity index is 958. The lowest BCUT2D eigenvalue weighted by atomic mass is 9.80. The van der Waals surface area contributed by atoms with Crippen LogP contribution in [0.1, 0.15) is 34.7 Å². The fourth-order valence-electron chi connectivity index (χ4n) is 3.22. The van der Waals surface area contributed by atoms with Gasteiger partial charge >= 0.3 is 0 Å². The Hall–Kier alpha value is -3.13. The van der Waals surface area contributed by atoms with Gasteiger partial charge in [0.1, 0.15) is 5.82 Å². The second-order valence-electron chi connectivity index (χ2n) is 6.62. The highest BCUT2D eigenvalue weighted by molar-refractivity contribution is 6.04. The molecule has 2 aromatic rings. The van der Waals surface area contributed by atoms with Crippen molar-refractivity contribution in [3.05, 3.63) is 76.6 Å². The van der Waals surface area contributed by atoms with Gasteiger partial charge < -0.3 is 16.8 Å². The topological polar surface area (TPSA) is 98.2 Å². The SMILES string of the molecule is NC(=O)c1ccc(NC(=O)C2=CCC(c3cc(F)c(F)cc3F)C(N)C2)cc1. The molecule has 2 amide bonds. The second kappa shape index (κ2) is 7.85. The summed E-state index contributed by atoms with van der Waals surface area (Å²) < 4.78 is 40.6. The number of primary amides is 1. The number of halogens is 3. The number of nitrogens with one attached hydrogen (secondary N) is 1. The van der Waals surface area contributed by atoms with Crippen LogP contribution < -0.4 is 16.8 Å². The lowest BCUT2D eigenvalue weighted by Crippen LogP contribution is -2.34. The van der Waals surface area contributed by atoms with E-state index in [2.05, 4.69) is 5.32 Å². The summed E-state index contributed by atoms with van der Waals surface area (Å²) in [5, 5.41) is 2.68. The van der Waals surface area contributed by atoms with Gasteiger partial charge in [0.2, 0.25) is 5.91 Å². The molecule has 3 rings (SSSR count). The Kier molecular flexibility index (Phi) is 5.51. The molecule has 1 aliphatic rings. The van der Waals surface area contributed by atoms with Gasteiger partial charge in [-0.15, -0.1) is 0 Å². The minimum Gasteiger partial charge on any atom is -0.366 e. The second-order valence-corrected chi connectivity index (χ2v) is 6.62. The third-order valence-corrected chi connectivity index (χ3v) is 4.75. The van der Waals surface area contributed by atoms with Gasteiger partial charge in [0, 0.05) is 34.9 Å². The van der Waals surface area contributed by atoms with Crippen molar-refractivity contribution in [1.82, 2.24) is 0 Å². The molecule has 0 radical (unpaired) electrons. The summed E-state index contributed by atoms with van der Waals surface area (Å²) in [4.78, 5) is 23.5. The molecule has 5 N–H and O–H groups in total. The van der Waals surface area contributed by atoms with Crippen molar-refractivity contribution in [1.29, 1.82) is 0 Å². The number of rotatable bonds is 4. The standard InChI is InChI=1S/C20H18F3N3O2/c21-15-9-17(23)16(22)8-14(15)13-6-3-11(7-18(13)24)20(28)26-12-4-1-10(2-5-12)19(25)27/h1-5,8-9,13,18H,6-7,24H2,(H2,25,27)(H,26,28). The molecule has 8 heteroatoms.